The van der Waals surface area contributed by atoms with Gasteiger partial charge < -0.3 is 9.47 Å². The van der Waals surface area contributed by atoms with Gasteiger partial charge in [0.2, 0.25) is 0 Å². The van der Waals surface area contributed by atoms with Gasteiger partial charge in [-0.05, 0) is 31.6 Å². The second-order valence-electron chi connectivity index (χ2n) is 6.21. The van der Waals surface area contributed by atoms with Gasteiger partial charge in [0.1, 0.15) is 6.10 Å². The fourth-order valence-electron chi connectivity index (χ4n) is 2.28. The topological polar surface area (TPSA) is 52.6 Å². The van der Waals surface area contributed by atoms with Gasteiger partial charge in [0.05, 0.1) is 6.61 Å². The molecule has 0 saturated carbocycles. The number of hydrogen-bond acceptors (Lipinski definition) is 4. The van der Waals surface area contributed by atoms with Gasteiger partial charge in [-0.25, -0.2) is 0 Å². The largest absolute Gasteiger partial charge is 0.466 e. The lowest BCUT2D eigenvalue weighted by Crippen LogP contribution is -2.22. The molecule has 0 rings (SSSR count). The third-order valence-corrected chi connectivity index (χ3v) is 4.29. The molecule has 0 N–H and O–H groups in total. The molecule has 136 valence electrons. The van der Waals surface area contributed by atoms with Gasteiger partial charge in [0.15, 0.2) is 0 Å². The van der Waals surface area contributed by atoms with Crippen molar-refractivity contribution in [2.24, 2.45) is 5.92 Å². The van der Waals surface area contributed by atoms with Crippen molar-refractivity contribution in [2.75, 3.05) is 11.9 Å². The summed E-state index contributed by atoms with van der Waals surface area (Å²) in [7, 11) is 0. The van der Waals surface area contributed by atoms with E-state index >= 15 is 0 Å². The van der Waals surface area contributed by atoms with Gasteiger partial charge in [-0.15, -0.1) is 0 Å². The number of ether oxygens (including phenoxy) is 2. The number of hydrogen-bond donors (Lipinski definition) is 0. The number of alkyl halides is 1. The van der Waals surface area contributed by atoms with Gasteiger partial charge in [0, 0.05) is 18.2 Å². The third kappa shape index (κ3) is 13.5. The predicted octanol–water partition coefficient (Wildman–Crippen LogP) is 5.02. The quantitative estimate of drug-likeness (QED) is 0.236. The van der Waals surface area contributed by atoms with Crippen LogP contribution in [0.4, 0.5) is 0 Å². The van der Waals surface area contributed by atoms with E-state index < -0.39 is 0 Å². The molecule has 1 unspecified atom stereocenters. The van der Waals surface area contributed by atoms with Crippen LogP contribution in [0.2, 0.25) is 0 Å². The second-order valence-corrected chi connectivity index (χ2v) is 7.00. The van der Waals surface area contributed by atoms with Crippen molar-refractivity contribution in [3.05, 3.63) is 0 Å². The van der Waals surface area contributed by atoms with Crippen LogP contribution in [0.5, 0.6) is 0 Å². The Kier molecular flexibility index (Phi) is 14.6. The van der Waals surface area contributed by atoms with Crippen LogP contribution in [0, 0.1) is 5.92 Å². The Morgan fingerprint density at radius 3 is 2.13 bits per heavy atom. The standard InChI is InChI=1S/C18H33BrO4/c1-4-16(15(2)3)23-18(21)12-10-11-17(20)22-14-9-7-5-6-8-13-19/h15-16H,4-14H2,1-3H3. The van der Waals surface area contributed by atoms with E-state index in [1.165, 1.54) is 19.3 Å². The van der Waals surface area contributed by atoms with Crippen molar-refractivity contribution in [1.82, 2.24) is 0 Å². The minimum Gasteiger partial charge on any atom is -0.466 e. The molecule has 4 nitrogen and oxygen atoms in total. The highest BCUT2D eigenvalue weighted by atomic mass is 79.9. The molecular formula is C18H33BrO4. The molecule has 0 aromatic carbocycles. The third-order valence-electron chi connectivity index (χ3n) is 3.73. The molecular weight excluding hydrogens is 360 g/mol. The molecule has 0 aromatic rings. The van der Waals surface area contributed by atoms with Crippen LogP contribution in [0.25, 0.3) is 0 Å². The van der Waals surface area contributed by atoms with Crippen molar-refractivity contribution in [2.45, 2.75) is 84.7 Å². The predicted molar refractivity (Wildman–Crippen MR) is 96.7 cm³/mol. The lowest BCUT2D eigenvalue weighted by molar-refractivity contribution is -0.151. The Labute approximate surface area is 149 Å². The normalized spacial score (nSPS) is 12.2. The van der Waals surface area contributed by atoms with Gasteiger partial charge in [-0.2, -0.15) is 0 Å². The molecule has 5 heteroatoms. The van der Waals surface area contributed by atoms with Gasteiger partial charge in [-0.3, -0.25) is 9.59 Å². The maximum Gasteiger partial charge on any atom is 0.306 e. The maximum atomic E-state index is 11.7. The number of carbonyl (C=O) groups is 2. The van der Waals surface area contributed by atoms with E-state index in [-0.39, 0.29) is 30.9 Å². The van der Waals surface area contributed by atoms with Crippen LogP contribution in [0.15, 0.2) is 0 Å². The minimum atomic E-state index is -0.217. The first kappa shape index (κ1) is 22.4. The molecule has 0 saturated heterocycles. The fraction of sp³-hybridized carbons (Fsp3) is 0.889. The summed E-state index contributed by atoms with van der Waals surface area (Å²) in [5, 5.41) is 1.06. The van der Waals surface area contributed by atoms with Crippen LogP contribution in [-0.2, 0) is 19.1 Å². The lowest BCUT2D eigenvalue weighted by Gasteiger charge is -2.19. The number of halogens is 1. The number of rotatable bonds is 14. The molecule has 0 spiro atoms. The smallest absolute Gasteiger partial charge is 0.306 e. The Morgan fingerprint density at radius 2 is 1.52 bits per heavy atom. The van der Waals surface area contributed by atoms with Crippen LogP contribution in [-0.4, -0.2) is 30.0 Å². The first-order valence-corrected chi connectivity index (χ1v) is 10.0. The molecule has 0 aromatic heterocycles. The zero-order chi connectivity index (χ0) is 17.5. The van der Waals surface area contributed by atoms with Crippen molar-refractivity contribution in [3.8, 4) is 0 Å². The average Bonchev–Trinajstić information content (AvgIpc) is 2.51. The Bertz CT molecular complexity index is 318. The lowest BCUT2D eigenvalue weighted by atomic mass is 10.1. The van der Waals surface area contributed by atoms with Crippen LogP contribution < -0.4 is 0 Å². The first-order chi connectivity index (χ1) is 11.0. The summed E-state index contributed by atoms with van der Waals surface area (Å²) in [5.41, 5.74) is 0. The van der Waals surface area contributed by atoms with E-state index in [4.69, 9.17) is 9.47 Å². The van der Waals surface area contributed by atoms with Gasteiger partial charge in [0.25, 0.3) is 0 Å². The molecule has 23 heavy (non-hydrogen) atoms. The van der Waals surface area contributed by atoms with Crippen molar-refractivity contribution >= 4 is 27.9 Å². The number of unbranched alkanes of at least 4 members (excludes halogenated alkanes) is 4. The maximum absolute atomic E-state index is 11.7. The summed E-state index contributed by atoms with van der Waals surface area (Å²) in [5.74, 6) is -0.109. The van der Waals surface area contributed by atoms with Crippen molar-refractivity contribution < 1.29 is 19.1 Å². The number of esters is 2. The molecule has 0 radical (unpaired) electrons. The minimum absolute atomic E-state index is 0.0287. The van der Waals surface area contributed by atoms with Crippen LogP contribution >= 0.6 is 15.9 Å². The molecule has 0 amide bonds. The second kappa shape index (κ2) is 15.0. The molecule has 1 atom stereocenters. The Morgan fingerprint density at radius 1 is 0.913 bits per heavy atom. The average molecular weight is 393 g/mol. The summed E-state index contributed by atoms with van der Waals surface area (Å²) in [6, 6.07) is 0. The van der Waals surface area contributed by atoms with E-state index in [9.17, 15) is 9.59 Å². The SMILES string of the molecule is CCC(OC(=O)CCCC(=O)OCCCCCCCBr)C(C)C. The van der Waals surface area contributed by atoms with Gasteiger partial charge >= 0.3 is 11.9 Å². The van der Waals surface area contributed by atoms with Crippen molar-refractivity contribution in [3.63, 3.8) is 0 Å². The molecule has 0 fully saturated rings. The Balaban J connectivity index is 3.57. The number of carbonyl (C=O) groups excluding carboxylic acids is 2. The first-order valence-electron chi connectivity index (χ1n) is 8.92. The zero-order valence-electron chi connectivity index (χ0n) is 14.9. The van der Waals surface area contributed by atoms with Crippen molar-refractivity contribution in [1.29, 1.82) is 0 Å². The molecule has 0 heterocycles. The highest BCUT2D eigenvalue weighted by molar-refractivity contribution is 9.09. The van der Waals surface area contributed by atoms with E-state index in [1.807, 2.05) is 20.8 Å². The summed E-state index contributed by atoms with van der Waals surface area (Å²) < 4.78 is 10.6. The summed E-state index contributed by atoms with van der Waals surface area (Å²) >= 11 is 3.41. The fourth-order valence-corrected chi connectivity index (χ4v) is 2.68. The van der Waals surface area contributed by atoms with Gasteiger partial charge in [-0.1, -0.05) is 56.0 Å². The summed E-state index contributed by atoms with van der Waals surface area (Å²) in [6.07, 6.45) is 7.48. The summed E-state index contributed by atoms with van der Waals surface area (Å²) in [6.45, 7) is 6.58. The van der Waals surface area contributed by atoms with Crippen LogP contribution in [0.3, 0.4) is 0 Å². The highest BCUT2D eigenvalue weighted by Crippen LogP contribution is 2.12. The van der Waals surface area contributed by atoms with E-state index in [1.54, 1.807) is 0 Å². The molecule has 0 aliphatic rings. The van der Waals surface area contributed by atoms with E-state index in [2.05, 4.69) is 15.9 Å². The van der Waals surface area contributed by atoms with E-state index in [0.29, 0.717) is 18.9 Å². The molecule has 0 bridgehead atoms. The highest BCUT2D eigenvalue weighted by Gasteiger charge is 2.16. The molecule has 0 aliphatic heterocycles. The Hall–Kier alpha value is -0.580. The summed E-state index contributed by atoms with van der Waals surface area (Å²) in [4.78, 5) is 23.3. The monoisotopic (exact) mass is 392 g/mol. The van der Waals surface area contributed by atoms with E-state index in [0.717, 1.165) is 24.6 Å². The molecule has 0 aliphatic carbocycles. The zero-order valence-corrected chi connectivity index (χ0v) is 16.5. The van der Waals surface area contributed by atoms with Crippen LogP contribution in [0.1, 0.15) is 78.6 Å².